The zero-order valence-corrected chi connectivity index (χ0v) is 22.2. The summed E-state index contributed by atoms with van der Waals surface area (Å²) in [5.74, 6) is 1.15. The summed E-state index contributed by atoms with van der Waals surface area (Å²) in [5, 5.41) is 23.7. The minimum absolute atomic E-state index is 0.0532. The highest BCUT2D eigenvalue weighted by Crippen LogP contribution is 2.29. The summed E-state index contributed by atoms with van der Waals surface area (Å²) < 4.78 is 8.21. The first-order valence-electron chi connectivity index (χ1n) is 10.8. The highest BCUT2D eigenvalue weighted by Gasteiger charge is 2.17. The van der Waals surface area contributed by atoms with Crippen LogP contribution < -0.4 is 10.2 Å². The second-order valence-electron chi connectivity index (χ2n) is 7.36. The number of aromatic hydroxyl groups is 1. The number of carbonyl (C=O) groups is 1. The van der Waals surface area contributed by atoms with Gasteiger partial charge in [0.05, 0.1) is 18.6 Å². The standard InChI is InChI=1S/C25H21BrClN5O3S/c1-2-35-21-10-8-20(9-11-21)32-24(16-3-6-19(27)7-4-16)30-31-25(32)36-15-23(34)29-28-14-17-13-18(26)5-12-22(17)33/h3-14,33H,2,15H2,1H3,(H,29,34). The third-order valence-corrected chi connectivity index (χ3v) is 6.53. The van der Waals surface area contributed by atoms with Crippen molar-refractivity contribution in [1.82, 2.24) is 20.2 Å². The molecular formula is C25H21BrClN5O3S. The van der Waals surface area contributed by atoms with Crippen LogP contribution in [0.25, 0.3) is 17.1 Å². The Balaban J connectivity index is 1.52. The molecule has 4 aromatic rings. The van der Waals surface area contributed by atoms with Crippen molar-refractivity contribution in [2.45, 2.75) is 12.1 Å². The van der Waals surface area contributed by atoms with E-state index in [1.807, 2.05) is 47.9 Å². The molecule has 184 valence electrons. The van der Waals surface area contributed by atoms with Gasteiger partial charge in [0.2, 0.25) is 0 Å². The van der Waals surface area contributed by atoms with E-state index in [1.54, 1.807) is 24.3 Å². The minimum Gasteiger partial charge on any atom is -0.507 e. The SMILES string of the molecule is CCOc1ccc(-n2c(SCC(=O)NN=Cc3cc(Br)ccc3O)nnc2-c2ccc(Cl)cc2)cc1. The summed E-state index contributed by atoms with van der Waals surface area (Å²) in [6, 6.07) is 19.8. The maximum Gasteiger partial charge on any atom is 0.250 e. The van der Waals surface area contributed by atoms with Crippen molar-refractivity contribution in [2.75, 3.05) is 12.4 Å². The molecule has 36 heavy (non-hydrogen) atoms. The number of halogens is 2. The van der Waals surface area contributed by atoms with Gasteiger partial charge in [0, 0.05) is 26.3 Å². The quantitative estimate of drug-likeness (QED) is 0.148. The number of phenolic OH excluding ortho intramolecular Hbond substituents is 1. The number of hydrogen-bond acceptors (Lipinski definition) is 7. The molecule has 0 aliphatic carbocycles. The van der Waals surface area contributed by atoms with E-state index in [-0.39, 0.29) is 17.4 Å². The van der Waals surface area contributed by atoms with Crippen molar-refractivity contribution in [3.63, 3.8) is 0 Å². The van der Waals surface area contributed by atoms with Crippen molar-refractivity contribution in [1.29, 1.82) is 0 Å². The number of aromatic nitrogens is 3. The van der Waals surface area contributed by atoms with Crippen LogP contribution in [-0.2, 0) is 4.79 Å². The first kappa shape index (κ1) is 25.7. The van der Waals surface area contributed by atoms with Gasteiger partial charge in [0.25, 0.3) is 5.91 Å². The smallest absolute Gasteiger partial charge is 0.250 e. The van der Waals surface area contributed by atoms with Crippen LogP contribution in [-0.4, -0.2) is 44.4 Å². The molecule has 2 N–H and O–H groups in total. The molecule has 0 aliphatic heterocycles. The number of thioether (sulfide) groups is 1. The van der Waals surface area contributed by atoms with Crippen molar-refractivity contribution < 1.29 is 14.6 Å². The van der Waals surface area contributed by atoms with Gasteiger partial charge in [-0.3, -0.25) is 9.36 Å². The molecule has 11 heteroatoms. The fraction of sp³-hybridized carbons (Fsp3) is 0.120. The summed E-state index contributed by atoms with van der Waals surface area (Å²) in [6.07, 6.45) is 1.38. The predicted molar refractivity (Wildman–Crippen MR) is 145 cm³/mol. The van der Waals surface area contributed by atoms with Gasteiger partial charge in [-0.15, -0.1) is 10.2 Å². The highest BCUT2D eigenvalue weighted by atomic mass is 79.9. The normalized spacial score (nSPS) is 11.1. The van der Waals surface area contributed by atoms with Gasteiger partial charge < -0.3 is 9.84 Å². The van der Waals surface area contributed by atoms with E-state index in [9.17, 15) is 9.90 Å². The van der Waals surface area contributed by atoms with Crippen LogP contribution in [0.3, 0.4) is 0 Å². The monoisotopic (exact) mass is 585 g/mol. The lowest BCUT2D eigenvalue weighted by atomic mass is 10.2. The van der Waals surface area contributed by atoms with Crippen LogP contribution in [0.5, 0.6) is 11.5 Å². The number of rotatable bonds is 9. The molecule has 1 aromatic heterocycles. The van der Waals surface area contributed by atoms with Gasteiger partial charge in [-0.2, -0.15) is 5.10 Å². The van der Waals surface area contributed by atoms with Gasteiger partial charge >= 0.3 is 0 Å². The number of hydrogen-bond donors (Lipinski definition) is 2. The van der Waals surface area contributed by atoms with Crippen LogP contribution >= 0.6 is 39.3 Å². The number of nitrogens with zero attached hydrogens (tertiary/aromatic N) is 4. The lowest BCUT2D eigenvalue weighted by molar-refractivity contribution is -0.118. The molecule has 0 atom stereocenters. The molecule has 0 aliphatic rings. The predicted octanol–water partition coefficient (Wildman–Crippen LogP) is 5.70. The van der Waals surface area contributed by atoms with Crippen LogP contribution in [0.4, 0.5) is 0 Å². The van der Waals surface area contributed by atoms with Gasteiger partial charge in [-0.05, 0) is 73.7 Å². The molecule has 0 radical (unpaired) electrons. The fourth-order valence-corrected chi connectivity index (χ4v) is 4.45. The summed E-state index contributed by atoms with van der Waals surface area (Å²) in [4.78, 5) is 12.4. The molecule has 0 bridgehead atoms. The van der Waals surface area contributed by atoms with Gasteiger partial charge in [-0.25, -0.2) is 5.43 Å². The van der Waals surface area contributed by atoms with E-state index in [0.717, 1.165) is 21.5 Å². The minimum atomic E-state index is -0.333. The summed E-state index contributed by atoms with van der Waals surface area (Å²) >= 11 is 10.6. The van der Waals surface area contributed by atoms with Gasteiger partial charge in [-0.1, -0.05) is 39.3 Å². The number of amides is 1. The molecule has 0 spiro atoms. The van der Waals surface area contributed by atoms with Crippen molar-refractivity contribution >= 4 is 51.4 Å². The number of hydrazone groups is 1. The van der Waals surface area contributed by atoms with E-state index in [0.29, 0.717) is 28.2 Å². The topological polar surface area (TPSA) is 102 Å². The second-order valence-corrected chi connectivity index (χ2v) is 9.65. The zero-order chi connectivity index (χ0) is 25.5. The first-order chi connectivity index (χ1) is 17.4. The number of nitrogens with one attached hydrogen (secondary N) is 1. The molecule has 1 heterocycles. The van der Waals surface area contributed by atoms with Crippen molar-refractivity contribution in [3.05, 3.63) is 81.8 Å². The fourth-order valence-electron chi connectivity index (χ4n) is 3.21. The Bertz CT molecular complexity index is 1380. The van der Waals surface area contributed by atoms with Crippen LogP contribution in [0.15, 0.2) is 81.5 Å². The molecular weight excluding hydrogens is 566 g/mol. The molecule has 4 rings (SSSR count). The molecule has 0 fully saturated rings. The lowest BCUT2D eigenvalue weighted by Gasteiger charge is -2.11. The maximum absolute atomic E-state index is 12.4. The van der Waals surface area contributed by atoms with Crippen LogP contribution in [0.1, 0.15) is 12.5 Å². The molecule has 0 saturated heterocycles. The first-order valence-corrected chi connectivity index (χ1v) is 13.0. The largest absolute Gasteiger partial charge is 0.507 e. The average molecular weight is 587 g/mol. The Kier molecular flexibility index (Phi) is 8.63. The highest BCUT2D eigenvalue weighted by molar-refractivity contribution is 9.10. The van der Waals surface area contributed by atoms with E-state index in [1.165, 1.54) is 24.0 Å². The Labute approximate surface area is 225 Å². The Morgan fingerprint density at radius 2 is 1.92 bits per heavy atom. The molecule has 1 amide bonds. The Morgan fingerprint density at radius 3 is 2.64 bits per heavy atom. The molecule has 3 aromatic carbocycles. The van der Waals surface area contributed by atoms with E-state index < -0.39 is 0 Å². The zero-order valence-electron chi connectivity index (χ0n) is 19.1. The Morgan fingerprint density at radius 1 is 1.17 bits per heavy atom. The van der Waals surface area contributed by atoms with Gasteiger partial charge in [0.15, 0.2) is 11.0 Å². The number of carbonyl (C=O) groups excluding carboxylic acids is 1. The second kappa shape index (κ2) is 12.1. The summed E-state index contributed by atoms with van der Waals surface area (Å²) in [5.41, 5.74) is 4.59. The molecule has 0 unspecified atom stereocenters. The third-order valence-electron chi connectivity index (χ3n) is 4.86. The summed E-state index contributed by atoms with van der Waals surface area (Å²) in [7, 11) is 0. The number of ether oxygens (including phenoxy) is 1. The van der Waals surface area contributed by atoms with Crippen molar-refractivity contribution in [2.24, 2.45) is 5.10 Å². The number of benzene rings is 3. The van der Waals surface area contributed by atoms with Gasteiger partial charge in [0.1, 0.15) is 11.5 Å². The maximum atomic E-state index is 12.4. The lowest BCUT2D eigenvalue weighted by Crippen LogP contribution is -2.20. The van der Waals surface area contributed by atoms with Crippen LogP contribution in [0.2, 0.25) is 5.02 Å². The molecule has 8 nitrogen and oxygen atoms in total. The molecule has 0 saturated carbocycles. The van der Waals surface area contributed by atoms with E-state index in [4.69, 9.17) is 16.3 Å². The summed E-state index contributed by atoms with van der Waals surface area (Å²) in [6.45, 7) is 2.50. The van der Waals surface area contributed by atoms with Crippen LogP contribution in [0, 0.1) is 0 Å². The third kappa shape index (κ3) is 6.45. The van der Waals surface area contributed by atoms with E-state index >= 15 is 0 Å². The van der Waals surface area contributed by atoms with E-state index in [2.05, 4.69) is 36.7 Å². The Hall–Kier alpha value is -3.34. The number of phenols is 1. The average Bonchev–Trinajstić information content (AvgIpc) is 3.30. The van der Waals surface area contributed by atoms with Crippen molar-refractivity contribution in [3.8, 4) is 28.6 Å².